The van der Waals surface area contributed by atoms with Gasteiger partial charge in [0, 0.05) is 11.4 Å². The first-order chi connectivity index (χ1) is 9.16. The monoisotopic (exact) mass is 279 g/mol. The van der Waals surface area contributed by atoms with E-state index < -0.39 is 12.0 Å². The third-order valence-corrected chi connectivity index (χ3v) is 5.23. The van der Waals surface area contributed by atoms with Gasteiger partial charge in [0.05, 0.1) is 4.88 Å². The summed E-state index contributed by atoms with van der Waals surface area (Å²) in [5.74, 6) is -0.975. The van der Waals surface area contributed by atoms with E-state index in [0.717, 1.165) is 24.1 Å². The average molecular weight is 279 g/mol. The molecule has 2 heterocycles. The second-order valence-corrected chi connectivity index (χ2v) is 6.40. The lowest BCUT2D eigenvalue weighted by Gasteiger charge is -2.20. The summed E-state index contributed by atoms with van der Waals surface area (Å²) < 4.78 is 0. The van der Waals surface area contributed by atoms with Crippen molar-refractivity contribution in [1.29, 1.82) is 0 Å². The maximum atomic E-state index is 12.5. The SMILES string of the molecule is O=C(O)[C@@H]1CCCN1C(=O)c1cc2c(s1)CCCC2. The predicted molar refractivity (Wildman–Crippen MR) is 72.7 cm³/mol. The first-order valence-electron chi connectivity index (χ1n) is 6.82. The summed E-state index contributed by atoms with van der Waals surface area (Å²) >= 11 is 1.56. The van der Waals surface area contributed by atoms with Crippen LogP contribution in [-0.4, -0.2) is 34.5 Å². The van der Waals surface area contributed by atoms with E-state index in [1.54, 1.807) is 11.3 Å². The summed E-state index contributed by atoms with van der Waals surface area (Å²) in [6.07, 6.45) is 5.87. The van der Waals surface area contributed by atoms with Crippen molar-refractivity contribution in [3.8, 4) is 0 Å². The number of aliphatic carboxylic acids is 1. The maximum absolute atomic E-state index is 12.5. The van der Waals surface area contributed by atoms with Crippen LogP contribution in [0.5, 0.6) is 0 Å². The highest BCUT2D eigenvalue weighted by molar-refractivity contribution is 7.14. The highest BCUT2D eigenvalue weighted by Gasteiger charge is 2.35. The fourth-order valence-electron chi connectivity index (χ4n) is 3.00. The van der Waals surface area contributed by atoms with E-state index in [2.05, 4.69) is 0 Å². The number of carbonyl (C=O) groups is 2. The zero-order valence-electron chi connectivity index (χ0n) is 10.7. The van der Waals surface area contributed by atoms with Gasteiger partial charge >= 0.3 is 5.97 Å². The van der Waals surface area contributed by atoms with Crippen LogP contribution in [-0.2, 0) is 17.6 Å². The fourth-order valence-corrected chi connectivity index (χ4v) is 4.21. The van der Waals surface area contributed by atoms with Crippen molar-refractivity contribution in [2.45, 2.75) is 44.6 Å². The van der Waals surface area contributed by atoms with Crippen molar-refractivity contribution >= 4 is 23.2 Å². The Morgan fingerprint density at radius 2 is 2.05 bits per heavy atom. The molecule has 0 spiro atoms. The molecule has 5 heteroatoms. The number of carboxylic acids is 1. The Labute approximate surface area is 116 Å². The molecule has 1 saturated heterocycles. The van der Waals surface area contributed by atoms with Gasteiger partial charge < -0.3 is 10.0 Å². The van der Waals surface area contributed by atoms with Crippen LogP contribution in [0.25, 0.3) is 0 Å². The number of likely N-dealkylation sites (tertiary alicyclic amines) is 1. The summed E-state index contributed by atoms with van der Waals surface area (Å²) in [6, 6.07) is 1.35. The third kappa shape index (κ3) is 2.27. The van der Waals surface area contributed by atoms with Gasteiger partial charge in [-0.2, -0.15) is 0 Å². The van der Waals surface area contributed by atoms with Crippen LogP contribution < -0.4 is 0 Å². The fraction of sp³-hybridized carbons (Fsp3) is 0.571. The lowest BCUT2D eigenvalue weighted by molar-refractivity contribution is -0.141. The third-order valence-electron chi connectivity index (χ3n) is 4.01. The predicted octanol–water partition coefficient (Wildman–Crippen LogP) is 2.32. The molecule has 1 fully saturated rings. The maximum Gasteiger partial charge on any atom is 0.326 e. The van der Waals surface area contributed by atoms with E-state index in [1.807, 2.05) is 6.07 Å². The molecule has 0 radical (unpaired) electrons. The van der Waals surface area contributed by atoms with Gasteiger partial charge in [0.15, 0.2) is 0 Å². The zero-order valence-corrected chi connectivity index (χ0v) is 11.5. The second kappa shape index (κ2) is 4.96. The largest absolute Gasteiger partial charge is 0.480 e. The topological polar surface area (TPSA) is 57.6 Å². The molecule has 1 aliphatic carbocycles. The number of carboxylic acid groups (broad SMARTS) is 1. The summed E-state index contributed by atoms with van der Waals surface area (Å²) in [5, 5.41) is 9.15. The van der Waals surface area contributed by atoms with Crippen LogP contribution >= 0.6 is 11.3 Å². The molecular weight excluding hydrogens is 262 g/mol. The van der Waals surface area contributed by atoms with Crippen molar-refractivity contribution in [3.63, 3.8) is 0 Å². The molecule has 0 saturated carbocycles. The number of aryl methyl sites for hydroxylation is 2. The molecule has 1 aliphatic heterocycles. The number of nitrogens with zero attached hydrogens (tertiary/aromatic N) is 1. The molecule has 1 N–H and O–H groups in total. The molecule has 0 bridgehead atoms. The lowest BCUT2D eigenvalue weighted by atomic mass is 9.99. The smallest absolute Gasteiger partial charge is 0.326 e. The van der Waals surface area contributed by atoms with E-state index in [-0.39, 0.29) is 5.91 Å². The number of hydrogen-bond acceptors (Lipinski definition) is 3. The Morgan fingerprint density at radius 1 is 1.26 bits per heavy atom. The first-order valence-corrected chi connectivity index (χ1v) is 7.64. The number of fused-ring (bicyclic) bond motifs is 1. The number of hydrogen-bond donors (Lipinski definition) is 1. The average Bonchev–Trinajstić information content (AvgIpc) is 3.04. The van der Waals surface area contributed by atoms with Gasteiger partial charge in [-0.15, -0.1) is 11.3 Å². The lowest BCUT2D eigenvalue weighted by Crippen LogP contribution is -2.40. The number of carbonyl (C=O) groups excluding carboxylic acids is 1. The standard InChI is InChI=1S/C14H17NO3S/c16-13(15-7-3-5-10(15)14(17)18)12-8-9-4-1-2-6-11(9)19-12/h8,10H,1-7H2,(H,17,18)/t10-/m0/s1. The highest BCUT2D eigenvalue weighted by Crippen LogP contribution is 2.31. The molecule has 19 heavy (non-hydrogen) atoms. The molecular formula is C14H17NO3S. The molecule has 4 nitrogen and oxygen atoms in total. The molecule has 0 unspecified atom stereocenters. The quantitative estimate of drug-likeness (QED) is 0.904. The van der Waals surface area contributed by atoms with Gasteiger partial charge in [0.2, 0.25) is 0 Å². The Balaban J connectivity index is 1.83. The van der Waals surface area contributed by atoms with Crippen LogP contribution in [0.1, 0.15) is 45.8 Å². The zero-order chi connectivity index (χ0) is 13.4. The molecule has 102 valence electrons. The minimum absolute atomic E-state index is 0.0932. The van der Waals surface area contributed by atoms with E-state index in [1.165, 1.54) is 28.2 Å². The summed E-state index contributed by atoms with van der Waals surface area (Å²) in [5.41, 5.74) is 1.30. The minimum atomic E-state index is -0.882. The normalized spacial score (nSPS) is 22.3. The Kier molecular flexibility index (Phi) is 3.31. The van der Waals surface area contributed by atoms with Crippen LogP contribution in [0.4, 0.5) is 0 Å². The van der Waals surface area contributed by atoms with Crippen LogP contribution in [0.2, 0.25) is 0 Å². The summed E-state index contributed by atoms with van der Waals surface area (Å²) in [7, 11) is 0. The Bertz CT molecular complexity index is 499. The van der Waals surface area contributed by atoms with Gasteiger partial charge in [-0.1, -0.05) is 0 Å². The number of thiophene rings is 1. The molecule has 1 aromatic rings. The van der Waals surface area contributed by atoms with E-state index in [0.29, 0.717) is 13.0 Å². The van der Waals surface area contributed by atoms with E-state index in [9.17, 15) is 9.59 Å². The van der Waals surface area contributed by atoms with Crippen molar-refractivity contribution < 1.29 is 14.7 Å². The summed E-state index contributed by atoms with van der Waals surface area (Å²) in [6.45, 7) is 0.568. The summed E-state index contributed by atoms with van der Waals surface area (Å²) in [4.78, 5) is 27.2. The van der Waals surface area contributed by atoms with Crippen molar-refractivity contribution in [2.75, 3.05) is 6.54 Å². The second-order valence-electron chi connectivity index (χ2n) is 5.26. The molecule has 1 aromatic heterocycles. The Hall–Kier alpha value is -1.36. The van der Waals surface area contributed by atoms with Gasteiger partial charge in [-0.3, -0.25) is 4.79 Å². The molecule has 2 aliphatic rings. The highest BCUT2D eigenvalue weighted by atomic mass is 32.1. The van der Waals surface area contributed by atoms with Crippen LogP contribution in [0.3, 0.4) is 0 Å². The van der Waals surface area contributed by atoms with Gasteiger partial charge in [0.25, 0.3) is 5.91 Å². The van der Waals surface area contributed by atoms with E-state index in [4.69, 9.17) is 5.11 Å². The number of amides is 1. The van der Waals surface area contributed by atoms with Crippen molar-refractivity contribution in [2.24, 2.45) is 0 Å². The van der Waals surface area contributed by atoms with Crippen LogP contribution in [0.15, 0.2) is 6.07 Å². The van der Waals surface area contributed by atoms with E-state index >= 15 is 0 Å². The van der Waals surface area contributed by atoms with Crippen molar-refractivity contribution in [1.82, 2.24) is 4.90 Å². The Morgan fingerprint density at radius 3 is 2.79 bits per heavy atom. The van der Waals surface area contributed by atoms with Crippen LogP contribution in [0, 0.1) is 0 Å². The molecule has 0 aromatic carbocycles. The van der Waals surface area contributed by atoms with Gasteiger partial charge in [0.1, 0.15) is 6.04 Å². The van der Waals surface area contributed by atoms with Crippen molar-refractivity contribution in [3.05, 3.63) is 21.4 Å². The van der Waals surface area contributed by atoms with Gasteiger partial charge in [-0.25, -0.2) is 4.79 Å². The first kappa shape index (κ1) is 12.7. The number of rotatable bonds is 2. The molecule has 1 atom stereocenters. The molecule has 1 amide bonds. The minimum Gasteiger partial charge on any atom is -0.480 e. The molecule has 3 rings (SSSR count). The van der Waals surface area contributed by atoms with Gasteiger partial charge in [-0.05, 0) is 50.2 Å².